The highest BCUT2D eigenvalue weighted by Crippen LogP contribution is 2.46. The van der Waals surface area contributed by atoms with E-state index in [0.717, 1.165) is 38.1 Å². The molecule has 2 aliphatic heterocycles. The summed E-state index contributed by atoms with van der Waals surface area (Å²) >= 11 is 0. The molecule has 2 heterocycles. The van der Waals surface area contributed by atoms with Gasteiger partial charge in [-0.15, -0.1) is 5.53 Å². The number of ether oxygens (including phenoxy) is 1. The van der Waals surface area contributed by atoms with Crippen molar-refractivity contribution < 1.29 is 9.53 Å². The Morgan fingerprint density at radius 3 is 2.77 bits per heavy atom. The van der Waals surface area contributed by atoms with Crippen LogP contribution in [0.3, 0.4) is 0 Å². The smallest absolute Gasteiger partial charge is 0.182 e. The molecule has 0 aromatic carbocycles. The van der Waals surface area contributed by atoms with Gasteiger partial charge in [-0.2, -0.15) is 0 Å². The molecule has 1 atom stereocenters. The van der Waals surface area contributed by atoms with Crippen molar-refractivity contribution in [3.05, 3.63) is 34.7 Å². The molecule has 0 aromatic rings. The number of rotatable bonds is 3. The van der Waals surface area contributed by atoms with Crippen molar-refractivity contribution in [1.29, 1.82) is 0 Å². The molecular formula is C17H23N3O2. The summed E-state index contributed by atoms with van der Waals surface area (Å²) in [6, 6.07) is 0. The first-order valence-corrected chi connectivity index (χ1v) is 8.19. The Labute approximate surface area is 131 Å². The van der Waals surface area contributed by atoms with Gasteiger partial charge in [-0.3, -0.25) is 15.2 Å². The molecule has 5 nitrogen and oxygen atoms in total. The lowest BCUT2D eigenvalue weighted by molar-refractivity contribution is -0.116. The third-order valence-corrected chi connectivity index (χ3v) is 5.15. The number of carbonyl (C=O) groups excluding carboxylic acids is 1. The van der Waals surface area contributed by atoms with E-state index in [1.165, 1.54) is 11.1 Å². The van der Waals surface area contributed by atoms with E-state index < -0.39 is 0 Å². The molecule has 4 aliphatic rings. The molecule has 0 aromatic heterocycles. The molecule has 2 N–H and O–H groups in total. The summed E-state index contributed by atoms with van der Waals surface area (Å²) in [6.45, 7) is 6.02. The van der Waals surface area contributed by atoms with Gasteiger partial charge in [0.1, 0.15) is 11.3 Å². The molecule has 4 rings (SSSR count). The van der Waals surface area contributed by atoms with Gasteiger partial charge in [-0.05, 0) is 30.8 Å². The monoisotopic (exact) mass is 301 g/mol. The number of epoxide rings is 1. The van der Waals surface area contributed by atoms with Crippen molar-refractivity contribution in [3.8, 4) is 0 Å². The molecule has 1 saturated heterocycles. The van der Waals surface area contributed by atoms with Crippen molar-refractivity contribution in [2.24, 2.45) is 5.92 Å². The molecule has 0 bridgehead atoms. The van der Waals surface area contributed by atoms with E-state index in [9.17, 15) is 4.79 Å². The van der Waals surface area contributed by atoms with Gasteiger partial charge in [0, 0.05) is 6.42 Å². The van der Waals surface area contributed by atoms with Gasteiger partial charge in [0.05, 0.1) is 18.8 Å². The second-order valence-corrected chi connectivity index (χ2v) is 6.97. The first kappa shape index (κ1) is 14.0. The Balaban J connectivity index is 1.54. The number of Topliss-reactive ketones (excluding diaryl/α,β-unsaturated/α-hetero) is 1. The molecular weight excluding hydrogens is 278 g/mol. The zero-order valence-corrected chi connectivity index (χ0v) is 13.2. The van der Waals surface area contributed by atoms with Gasteiger partial charge in [-0.1, -0.05) is 31.6 Å². The highest BCUT2D eigenvalue weighted by molar-refractivity contribution is 5.97. The maximum atomic E-state index is 12.1. The molecule has 2 aliphatic carbocycles. The van der Waals surface area contributed by atoms with E-state index in [4.69, 9.17) is 4.74 Å². The lowest BCUT2D eigenvalue weighted by atomic mass is 9.88. The van der Waals surface area contributed by atoms with E-state index in [2.05, 4.69) is 42.0 Å². The minimum absolute atomic E-state index is 0.186. The number of hydrogen-bond donors (Lipinski definition) is 2. The van der Waals surface area contributed by atoms with E-state index in [1.807, 2.05) is 0 Å². The fourth-order valence-corrected chi connectivity index (χ4v) is 3.61. The van der Waals surface area contributed by atoms with Crippen LogP contribution in [-0.2, 0) is 9.53 Å². The number of nitrogens with zero attached hydrogens (tertiary/aromatic N) is 1. The maximum absolute atomic E-state index is 12.1. The summed E-state index contributed by atoms with van der Waals surface area (Å²) in [6.07, 6.45) is 8.11. The first-order valence-electron chi connectivity index (χ1n) is 8.19. The number of ketones is 1. The zero-order chi connectivity index (χ0) is 15.3. The highest BCUT2D eigenvalue weighted by Gasteiger charge is 2.56. The lowest BCUT2D eigenvalue weighted by Crippen LogP contribution is -2.41. The molecule has 0 saturated carbocycles. The fourth-order valence-electron chi connectivity index (χ4n) is 3.61. The SMILES string of the molecule is CC(C)C1=CC=C(CN2NNC3=C2C2(CCC3=O)CO2)CC1. The maximum Gasteiger partial charge on any atom is 0.182 e. The number of allylic oxidation sites excluding steroid dienone is 4. The van der Waals surface area contributed by atoms with Gasteiger partial charge in [0.25, 0.3) is 0 Å². The molecule has 1 spiro atoms. The Morgan fingerprint density at radius 2 is 2.14 bits per heavy atom. The summed E-state index contributed by atoms with van der Waals surface area (Å²) in [5.74, 6) is 0.809. The van der Waals surface area contributed by atoms with Crippen LogP contribution in [-0.4, -0.2) is 29.5 Å². The number of fused-ring (bicyclic) bond motifs is 1. The summed E-state index contributed by atoms with van der Waals surface area (Å²) < 4.78 is 5.70. The van der Waals surface area contributed by atoms with Gasteiger partial charge in [0.15, 0.2) is 5.78 Å². The topological polar surface area (TPSA) is 56.9 Å². The second-order valence-electron chi connectivity index (χ2n) is 6.97. The van der Waals surface area contributed by atoms with Gasteiger partial charge in [-0.25, -0.2) is 0 Å². The first-order chi connectivity index (χ1) is 10.6. The third-order valence-electron chi connectivity index (χ3n) is 5.15. The summed E-state index contributed by atoms with van der Waals surface area (Å²) in [7, 11) is 0. The van der Waals surface area contributed by atoms with Gasteiger partial charge >= 0.3 is 0 Å². The molecule has 118 valence electrons. The Bertz CT molecular complexity index is 611. The van der Waals surface area contributed by atoms with Crippen LogP contribution in [0.2, 0.25) is 0 Å². The molecule has 1 fully saturated rings. The minimum Gasteiger partial charge on any atom is -0.363 e. The van der Waals surface area contributed by atoms with Crippen molar-refractivity contribution >= 4 is 5.78 Å². The van der Waals surface area contributed by atoms with Crippen LogP contribution < -0.4 is 11.0 Å². The number of carbonyl (C=O) groups is 1. The normalized spacial score (nSPS) is 30.5. The van der Waals surface area contributed by atoms with Crippen molar-refractivity contribution in [2.45, 2.75) is 45.1 Å². The number of hydrogen-bond acceptors (Lipinski definition) is 5. The van der Waals surface area contributed by atoms with E-state index >= 15 is 0 Å². The van der Waals surface area contributed by atoms with Crippen LogP contribution in [0.5, 0.6) is 0 Å². The van der Waals surface area contributed by atoms with Crippen molar-refractivity contribution in [1.82, 2.24) is 16.0 Å². The number of hydrazine groups is 2. The Hall–Kier alpha value is -1.59. The molecule has 0 radical (unpaired) electrons. The van der Waals surface area contributed by atoms with Crippen LogP contribution >= 0.6 is 0 Å². The lowest BCUT2D eigenvalue weighted by Gasteiger charge is -2.28. The van der Waals surface area contributed by atoms with Crippen LogP contribution in [0.25, 0.3) is 0 Å². The second kappa shape index (κ2) is 4.96. The predicted octanol–water partition coefficient (Wildman–Crippen LogP) is 1.96. The van der Waals surface area contributed by atoms with Crippen molar-refractivity contribution in [3.63, 3.8) is 0 Å². The zero-order valence-electron chi connectivity index (χ0n) is 13.2. The molecule has 0 amide bonds. The average molecular weight is 301 g/mol. The van der Waals surface area contributed by atoms with Crippen LogP contribution in [0.15, 0.2) is 34.7 Å². The largest absolute Gasteiger partial charge is 0.363 e. The van der Waals surface area contributed by atoms with Crippen molar-refractivity contribution in [2.75, 3.05) is 13.2 Å². The summed E-state index contributed by atoms with van der Waals surface area (Å²) in [5.41, 5.74) is 10.6. The summed E-state index contributed by atoms with van der Waals surface area (Å²) in [5, 5.41) is 2.07. The average Bonchev–Trinajstić information content (AvgIpc) is 3.16. The van der Waals surface area contributed by atoms with Gasteiger partial charge in [0.2, 0.25) is 0 Å². The Kier molecular flexibility index (Phi) is 3.16. The quantitative estimate of drug-likeness (QED) is 0.781. The predicted molar refractivity (Wildman–Crippen MR) is 83.2 cm³/mol. The standard InChI is InChI=1S/C17H23N3O2/c1-11(2)13-5-3-12(4-6-13)9-20-16-15(18-19-20)14(21)7-8-17(16)10-22-17/h3,5,11,18-19H,4,6-10H2,1-2H3. The van der Waals surface area contributed by atoms with Crippen LogP contribution in [0.4, 0.5) is 0 Å². The van der Waals surface area contributed by atoms with Gasteiger partial charge < -0.3 is 4.74 Å². The number of nitrogens with one attached hydrogen (secondary N) is 2. The molecule has 22 heavy (non-hydrogen) atoms. The molecule has 1 unspecified atom stereocenters. The van der Waals surface area contributed by atoms with E-state index in [1.54, 1.807) is 0 Å². The summed E-state index contributed by atoms with van der Waals surface area (Å²) in [4.78, 5) is 12.1. The Morgan fingerprint density at radius 1 is 1.32 bits per heavy atom. The van der Waals surface area contributed by atoms with E-state index in [0.29, 0.717) is 18.0 Å². The van der Waals surface area contributed by atoms with Crippen LogP contribution in [0, 0.1) is 5.92 Å². The molecule has 5 heteroatoms. The van der Waals surface area contributed by atoms with E-state index in [-0.39, 0.29) is 11.4 Å². The fraction of sp³-hybridized carbons (Fsp3) is 0.588. The third kappa shape index (κ3) is 2.20. The van der Waals surface area contributed by atoms with Crippen LogP contribution in [0.1, 0.15) is 39.5 Å². The minimum atomic E-state index is -0.214. The highest BCUT2D eigenvalue weighted by atomic mass is 16.6.